The van der Waals surface area contributed by atoms with E-state index < -0.39 is 18.2 Å². The molecule has 0 heterocycles. The number of esters is 1. The molecule has 0 amide bonds. The second-order valence-electron chi connectivity index (χ2n) is 4.03. The maximum absolute atomic E-state index is 11.2. The third-order valence-electron chi connectivity index (χ3n) is 2.63. The number of carbonyl (C=O) groups excluding carboxylic acids is 1. The quantitative estimate of drug-likeness (QED) is 0.684. The van der Waals surface area contributed by atoms with Crippen LogP contribution in [0.3, 0.4) is 0 Å². The van der Waals surface area contributed by atoms with E-state index in [9.17, 15) is 20.1 Å². The van der Waals surface area contributed by atoms with Gasteiger partial charge in [0, 0.05) is 5.56 Å². The Morgan fingerprint density at radius 2 is 2.06 bits per heavy atom. The van der Waals surface area contributed by atoms with Gasteiger partial charge in [0.15, 0.2) is 0 Å². The molecule has 2 unspecified atom stereocenters. The molecule has 1 aromatic carbocycles. The molecule has 18 heavy (non-hydrogen) atoms. The fraction of sp³-hybridized carbons (Fsp3) is 0.462. The number of aryl methyl sites for hydroxylation is 1. The van der Waals surface area contributed by atoms with Gasteiger partial charge in [-0.3, -0.25) is 4.79 Å². The largest absolute Gasteiger partial charge is 0.507 e. The standard InChI is InChI=1S/C13H18O5/c1-3-18-11(15)7-10(14)13(17)9-6-4-5-8(2)12(9)16/h4-6,10,13-14,16-17H,3,7H2,1-2H3. The van der Waals surface area contributed by atoms with Crippen molar-refractivity contribution in [3.8, 4) is 5.75 Å². The summed E-state index contributed by atoms with van der Waals surface area (Å²) < 4.78 is 4.68. The number of phenolic OH excluding ortho intramolecular Hbond substituents is 1. The molecule has 0 saturated heterocycles. The first-order valence-electron chi connectivity index (χ1n) is 5.77. The Balaban J connectivity index is 2.77. The maximum Gasteiger partial charge on any atom is 0.308 e. The van der Waals surface area contributed by atoms with Crippen molar-refractivity contribution in [3.63, 3.8) is 0 Å². The fourth-order valence-electron chi connectivity index (χ4n) is 1.63. The van der Waals surface area contributed by atoms with Gasteiger partial charge in [-0.25, -0.2) is 0 Å². The number of ether oxygens (including phenoxy) is 1. The van der Waals surface area contributed by atoms with Crippen LogP contribution in [-0.4, -0.2) is 34.0 Å². The molecule has 0 aliphatic carbocycles. The van der Waals surface area contributed by atoms with E-state index in [0.29, 0.717) is 5.56 Å². The van der Waals surface area contributed by atoms with Crippen LogP contribution in [0.25, 0.3) is 0 Å². The van der Waals surface area contributed by atoms with Crippen molar-refractivity contribution in [3.05, 3.63) is 29.3 Å². The maximum atomic E-state index is 11.2. The third-order valence-corrected chi connectivity index (χ3v) is 2.63. The molecular weight excluding hydrogens is 236 g/mol. The van der Waals surface area contributed by atoms with Gasteiger partial charge in [0.1, 0.15) is 11.9 Å². The molecule has 2 atom stereocenters. The lowest BCUT2D eigenvalue weighted by Crippen LogP contribution is -2.23. The Morgan fingerprint density at radius 1 is 1.39 bits per heavy atom. The zero-order chi connectivity index (χ0) is 13.7. The van der Waals surface area contributed by atoms with Crippen molar-refractivity contribution in [1.82, 2.24) is 0 Å². The summed E-state index contributed by atoms with van der Waals surface area (Å²) in [5.74, 6) is -0.663. The van der Waals surface area contributed by atoms with Crippen molar-refractivity contribution in [1.29, 1.82) is 0 Å². The van der Waals surface area contributed by atoms with E-state index in [4.69, 9.17) is 0 Å². The van der Waals surface area contributed by atoms with Crippen molar-refractivity contribution >= 4 is 5.97 Å². The predicted molar refractivity (Wildman–Crippen MR) is 65.1 cm³/mol. The Bertz CT molecular complexity index is 416. The molecule has 0 bridgehead atoms. The summed E-state index contributed by atoms with van der Waals surface area (Å²) in [5, 5.41) is 29.4. The molecule has 3 N–H and O–H groups in total. The molecule has 5 heteroatoms. The molecule has 0 aliphatic heterocycles. The van der Waals surface area contributed by atoms with Crippen LogP contribution < -0.4 is 0 Å². The van der Waals surface area contributed by atoms with Gasteiger partial charge in [-0.15, -0.1) is 0 Å². The summed E-state index contributed by atoms with van der Waals surface area (Å²) in [5.41, 5.74) is 0.793. The van der Waals surface area contributed by atoms with Crippen molar-refractivity contribution in [2.75, 3.05) is 6.61 Å². The molecular formula is C13H18O5. The monoisotopic (exact) mass is 254 g/mol. The zero-order valence-corrected chi connectivity index (χ0v) is 10.5. The SMILES string of the molecule is CCOC(=O)CC(O)C(O)c1cccc(C)c1O. The van der Waals surface area contributed by atoms with Gasteiger partial charge in [0.2, 0.25) is 0 Å². The van der Waals surface area contributed by atoms with E-state index in [0.717, 1.165) is 0 Å². The minimum absolute atomic E-state index is 0.0760. The van der Waals surface area contributed by atoms with Gasteiger partial charge in [-0.1, -0.05) is 18.2 Å². The van der Waals surface area contributed by atoms with E-state index in [2.05, 4.69) is 4.74 Å². The van der Waals surface area contributed by atoms with Crippen LogP contribution >= 0.6 is 0 Å². The number of aliphatic hydroxyl groups is 2. The Kier molecular flexibility index (Phi) is 5.12. The van der Waals surface area contributed by atoms with Gasteiger partial charge in [-0.05, 0) is 19.4 Å². The van der Waals surface area contributed by atoms with Crippen molar-refractivity contribution < 1.29 is 24.9 Å². The molecule has 5 nitrogen and oxygen atoms in total. The van der Waals surface area contributed by atoms with E-state index in [1.54, 1.807) is 26.0 Å². The number of hydrogen-bond donors (Lipinski definition) is 3. The predicted octanol–water partition coefficient (Wildman–Crippen LogP) is 1.05. The zero-order valence-electron chi connectivity index (χ0n) is 10.5. The van der Waals surface area contributed by atoms with Gasteiger partial charge in [0.05, 0.1) is 19.1 Å². The number of para-hydroxylation sites is 1. The van der Waals surface area contributed by atoms with E-state index in [-0.39, 0.29) is 24.3 Å². The highest BCUT2D eigenvalue weighted by molar-refractivity contribution is 5.70. The minimum Gasteiger partial charge on any atom is -0.507 e. The Hall–Kier alpha value is -1.59. The van der Waals surface area contributed by atoms with Gasteiger partial charge < -0.3 is 20.1 Å². The molecule has 0 aliphatic rings. The van der Waals surface area contributed by atoms with Crippen LogP contribution in [-0.2, 0) is 9.53 Å². The summed E-state index contributed by atoms with van der Waals surface area (Å²) in [6.45, 7) is 3.56. The second kappa shape index (κ2) is 6.37. The molecule has 1 aromatic rings. The van der Waals surface area contributed by atoms with Crippen molar-refractivity contribution in [2.24, 2.45) is 0 Å². The summed E-state index contributed by atoms with van der Waals surface area (Å²) in [6, 6.07) is 4.84. The molecule has 100 valence electrons. The fourth-order valence-corrected chi connectivity index (χ4v) is 1.63. The minimum atomic E-state index is -1.32. The molecule has 0 saturated carbocycles. The summed E-state index contributed by atoms with van der Waals surface area (Å²) in [7, 11) is 0. The highest BCUT2D eigenvalue weighted by Crippen LogP contribution is 2.30. The van der Waals surface area contributed by atoms with Gasteiger partial charge in [0.25, 0.3) is 0 Å². The highest BCUT2D eigenvalue weighted by Gasteiger charge is 2.24. The summed E-state index contributed by atoms with van der Waals surface area (Å²) in [6.07, 6.45) is -2.95. The summed E-state index contributed by atoms with van der Waals surface area (Å²) in [4.78, 5) is 11.2. The van der Waals surface area contributed by atoms with Crippen molar-refractivity contribution in [2.45, 2.75) is 32.5 Å². The van der Waals surface area contributed by atoms with Crippen LogP contribution in [0.4, 0.5) is 0 Å². The third kappa shape index (κ3) is 3.45. The number of aliphatic hydroxyl groups excluding tert-OH is 2. The van der Waals surface area contributed by atoms with E-state index in [1.807, 2.05) is 0 Å². The lowest BCUT2D eigenvalue weighted by Gasteiger charge is -2.19. The van der Waals surface area contributed by atoms with Gasteiger partial charge in [-0.2, -0.15) is 0 Å². The first kappa shape index (κ1) is 14.5. The first-order chi connectivity index (χ1) is 8.47. The molecule has 0 fully saturated rings. The van der Waals surface area contributed by atoms with E-state index in [1.165, 1.54) is 6.07 Å². The van der Waals surface area contributed by atoms with Crippen LogP contribution in [0.1, 0.15) is 30.6 Å². The normalized spacial score (nSPS) is 14.0. The average molecular weight is 254 g/mol. The highest BCUT2D eigenvalue weighted by atomic mass is 16.5. The number of aromatic hydroxyl groups is 1. The van der Waals surface area contributed by atoms with Crippen LogP contribution in [0, 0.1) is 6.92 Å². The number of phenols is 1. The molecule has 0 radical (unpaired) electrons. The van der Waals surface area contributed by atoms with Crippen LogP contribution in [0.15, 0.2) is 18.2 Å². The number of hydrogen-bond acceptors (Lipinski definition) is 5. The lowest BCUT2D eigenvalue weighted by atomic mass is 9.99. The van der Waals surface area contributed by atoms with Crippen LogP contribution in [0.5, 0.6) is 5.75 Å². The second-order valence-corrected chi connectivity index (χ2v) is 4.03. The molecule has 1 rings (SSSR count). The Morgan fingerprint density at radius 3 is 2.67 bits per heavy atom. The smallest absolute Gasteiger partial charge is 0.308 e. The first-order valence-corrected chi connectivity index (χ1v) is 5.77. The topological polar surface area (TPSA) is 87.0 Å². The summed E-state index contributed by atoms with van der Waals surface area (Å²) >= 11 is 0. The van der Waals surface area contributed by atoms with E-state index >= 15 is 0 Å². The average Bonchev–Trinajstić information content (AvgIpc) is 2.32. The number of carbonyl (C=O) groups is 1. The Labute approximate surface area is 106 Å². The van der Waals surface area contributed by atoms with Crippen LogP contribution in [0.2, 0.25) is 0 Å². The number of benzene rings is 1. The molecule has 0 aromatic heterocycles. The van der Waals surface area contributed by atoms with Gasteiger partial charge >= 0.3 is 5.97 Å². The number of rotatable bonds is 5. The lowest BCUT2D eigenvalue weighted by molar-refractivity contribution is -0.147. The molecule has 0 spiro atoms.